The van der Waals surface area contributed by atoms with Gasteiger partial charge in [-0.3, -0.25) is 4.57 Å². The number of hydrogen-bond donors (Lipinski definition) is 0. The van der Waals surface area contributed by atoms with Gasteiger partial charge in [-0.05, 0) is 45.3 Å². The predicted octanol–water partition coefficient (Wildman–Crippen LogP) is 11.5. The summed E-state index contributed by atoms with van der Waals surface area (Å²) in [6.45, 7) is 4.69. The molecule has 0 aliphatic heterocycles. The lowest BCUT2D eigenvalue weighted by Gasteiger charge is -2.22. The monoisotopic (exact) mass is 613 g/mol. The molecule has 7 aromatic carbocycles. The smallest absolute Gasteiger partial charge is 0.235 e. The standard InChI is InChI=1S/C45H31N3/c1-45(2)38-21-10-8-17-33(38)34-25-24-30(27-39(34)45)32-19-12-20-35-36-26-23-28-13-6-7-16-31(28)42(36)48(43(32)35)44-46-40-22-11-9-18-37(40)41(47-44)29-14-4-3-5-15-29/h3-27H,1-2H3. The summed E-state index contributed by atoms with van der Waals surface area (Å²) in [5, 5.41) is 5.79. The van der Waals surface area contributed by atoms with Gasteiger partial charge in [-0.1, -0.05) is 153 Å². The van der Waals surface area contributed by atoms with Gasteiger partial charge in [-0.25, -0.2) is 9.97 Å². The van der Waals surface area contributed by atoms with E-state index in [0.29, 0.717) is 5.95 Å². The number of para-hydroxylation sites is 2. The quantitative estimate of drug-likeness (QED) is 0.198. The maximum atomic E-state index is 5.42. The summed E-state index contributed by atoms with van der Waals surface area (Å²) < 4.78 is 2.33. The highest BCUT2D eigenvalue weighted by Crippen LogP contribution is 2.50. The summed E-state index contributed by atoms with van der Waals surface area (Å²) in [7, 11) is 0. The van der Waals surface area contributed by atoms with E-state index in [2.05, 4.69) is 170 Å². The Kier molecular flexibility index (Phi) is 5.63. The van der Waals surface area contributed by atoms with Crippen LogP contribution in [0.15, 0.2) is 152 Å². The van der Waals surface area contributed by atoms with Crippen LogP contribution < -0.4 is 0 Å². The summed E-state index contributed by atoms with van der Waals surface area (Å²) in [5.41, 5.74) is 12.8. The van der Waals surface area contributed by atoms with Crippen molar-refractivity contribution in [1.82, 2.24) is 14.5 Å². The van der Waals surface area contributed by atoms with Gasteiger partial charge in [0.25, 0.3) is 0 Å². The Balaban J connectivity index is 1.33. The van der Waals surface area contributed by atoms with Gasteiger partial charge in [-0.2, -0.15) is 0 Å². The number of hydrogen-bond acceptors (Lipinski definition) is 2. The molecule has 10 rings (SSSR count). The average Bonchev–Trinajstić information content (AvgIpc) is 3.60. The molecule has 3 heteroatoms. The molecule has 2 aromatic heterocycles. The third-order valence-corrected chi connectivity index (χ3v) is 10.4. The largest absolute Gasteiger partial charge is 0.277 e. The molecule has 2 heterocycles. The van der Waals surface area contributed by atoms with E-state index in [0.717, 1.165) is 33.2 Å². The molecule has 0 saturated carbocycles. The third-order valence-electron chi connectivity index (χ3n) is 10.4. The summed E-state index contributed by atoms with van der Waals surface area (Å²) >= 11 is 0. The van der Waals surface area contributed by atoms with Gasteiger partial charge in [0.05, 0.1) is 22.2 Å². The summed E-state index contributed by atoms with van der Waals surface area (Å²) in [5.74, 6) is 0.672. The number of rotatable bonds is 3. The molecule has 0 fully saturated rings. The van der Waals surface area contributed by atoms with Crippen molar-refractivity contribution in [2.24, 2.45) is 0 Å². The molecule has 0 amide bonds. The van der Waals surface area contributed by atoms with Gasteiger partial charge in [0.1, 0.15) is 0 Å². The Hall–Kier alpha value is -6.06. The van der Waals surface area contributed by atoms with Crippen molar-refractivity contribution in [3.63, 3.8) is 0 Å². The molecule has 0 spiro atoms. The molecule has 0 atom stereocenters. The molecule has 0 unspecified atom stereocenters. The molecule has 0 radical (unpaired) electrons. The highest BCUT2D eigenvalue weighted by Gasteiger charge is 2.35. The van der Waals surface area contributed by atoms with Crippen molar-refractivity contribution in [3.8, 4) is 39.5 Å². The van der Waals surface area contributed by atoms with Gasteiger partial charge in [0.15, 0.2) is 0 Å². The van der Waals surface area contributed by atoms with Crippen LogP contribution in [0.25, 0.3) is 82.9 Å². The molecule has 1 aliphatic carbocycles. The second kappa shape index (κ2) is 9.97. The third kappa shape index (κ3) is 3.76. The normalized spacial score (nSPS) is 13.4. The van der Waals surface area contributed by atoms with Gasteiger partial charge in [0, 0.05) is 38.1 Å². The Labute approximate surface area is 278 Å². The Morgan fingerprint density at radius 3 is 2.04 bits per heavy atom. The van der Waals surface area contributed by atoms with E-state index >= 15 is 0 Å². The first-order valence-electron chi connectivity index (χ1n) is 16.6. The number of nitrogens with zero attached hydrogens (tertiary/aromatic N) is 3. The van der Waals surface area contributed by atoms with E-state index in [-0.39, 0.29) is 5.41 Å². The maximum Gasteiger partial charge on any atom is 0.235 e. The fourth-order valence-electron chi connectivity index (χ4n) is 8.11. The second-order valence-corrected chi connectivity index (χ2v) is 13.4. The zero-order valence-electron chi connectivity index (χ0n) is 26.8. The van der Waals surface area contributed by atoms with E-state index in [4.69, 9.17) is 9.97 Å². The van der Waals surface area contributed by atoms with Crippen molar-refractivity contribution < 1.29 is 0 Å². The molecule has 1 aliphatic rings. The van der Waals surface area contributed by atoms with E-state index < -0.39 is 0 Å². The van der Waals surface area contributed by atoms with Crippen LogP contribution >= 0.6 is 0 Å². The van der Waals surface area contributed by atoms with Crippen LogP contribution in [0.2, 0.25) is 0 Å². The van der Waals surface area contributed by atoms with Gasteiger partial charge in [-0.15, -0.1) is 0 Å². The van der Waals surface area contributed by atoms with Crippen LogP contribution in [0.5, 0.6) is 0 Å². The predicted molar refractivity (Wildman–Crippen MR) is 200 cm³/mol. The fraction of sp³-hybridized carbons (Fsp3) is 0.0667. The fourth-order valence-corrected chi connectivity index (χ4v) is 8.11. The highest BCUT2D eigenvalue weighted by atomic mass is 15.2. The van der Waals surface area contributed by atoms with Gasteiger partial charge < -0.3 is 0 Å². The zero-order valence-corrected chi connectivity index (χ0v) is 26.8. The first kappa shape index (κ1) is 27.1. The Morgan fingerprint density at radius 2 is 1.15 bits per heavy atom. The average molecular weight is 614 g/mol. The molecule has 0 N–H and O–H groups in total. The lowest BCUT2D eigenvalue weighted by Crippen LogP contribution is -2.14. The minimum absolute atomic E-state index is 0.0925. The summed E-state index contributed by atoms with van der Waals surface area (Å²) in [6, 6.07) is 54.5. The molecular formula is C45H31N3. The molecule has 48 heavy (non-hydrogen) atoms. The molecular weight excluding hydrogens is 583 g/mol. The van der Waals surface area contributed by atoms with E-state index in [9.17, 15) is 0 Å². The van der Waals surface area contributed by atoms with Crippen molar-refractivity contribution in [3.05, 3.63) is 163 Å². The van der Waals surface area contributed by atoms with Crippen LogP contribution in [0, 0.1) is 0 Å². The van der Waals surface area contributed by atoms with Crippen molar-refractivity contribution in [2.45, 2.75) is 19.3 Å². The van der Waals surface area contributed by atoms with Crippen LogP contribution in [0.3, 0.4) is 0 Å². The zero-order chi connectivity index (χ0) is 32.0. The van der Waals surface area contributed by atoms with Gasteiger partial charge in [0.2, 0.25) is 5.95 Å². The lowest BCUT2D eigenvalue weighted by molar-refractivity contribution is 0.660. The SMILES string of the molecule is CC1(C)c2ccccc2-c2ccc(-c3cccc4c5ccc6ccccc6c5n(-c5nc(-c6ccccc6)c6ccccc6n5)c34)cc21. The summed E-state index contributed by atoms with van der Waals surface area (Å²) in [6.07, 6.45) is 0. The van der Waals surface area contributed by atoms with Crippen molar-refractivity contribution in [2.75, 3.05) is 0 Å². The summed E-state index contributed by atoms with van der Waals surface area (Å²) in [4.78, 5) is 10.7. The van der Waals surface area contributed by atoms with Crippen LogP contribution in [0.4, 0.5) is 0 Å². The number of fused-ring (bicyclic) bond motifs is 9. The molecule has 0 bridgehead atoms. The maximum absolute atomic E-state index is 5.42. The molecule has 0 saturated heterocycles. The van der Waals surface area contributed by atoms with E-state index in [1.165, 1.54) is 54.9 Å². The number of benzene rings is 7. The van der Waals surface area contributed by atoms with Crippen LogP contribution in [-0.2, 0) is 5.41 Å². The van der Waals surface area contributed by atoms with E-state index in [1.807, 2.05) is 0 Å². The van der Waals surface area contributed by atoms with Crippen LogP contribution in [0.1, 0.15) is 25.0 Å². The molecule has 3 nitrogen and oxygen atoms in total. The first-order valence-corrected chi connectivity index (χ1v) is 16.6. The second-order valence-electron chi connectivity index (χ2n) is 13.4. The minimum atomic E-state index is -0.0925. The van der Waals surface area contributed by atoms with E-state index in [1.54, 1.807) is 0 Å². The van der Waals surface area contributed by atoms with Crippen molar-refractivity contribution >= 4 is 43.5 Å². The van der Waals surface area contributed by atoms with Crippen molar-refractivity contribution in [1.29, 1.82) is 0 Å². The number of aromatic nitrogens is 3. The van der Waals surface area contributed by atoms with Gasteiger partial charge >= 0.3 is 0 Å². The van der Waals surface area contributed by atoms with Crippen LogP contribution in [-0.4, -0.2) is 14.5 Å². The molecule has 226 valence electrons. The molecule has 9 aromatic rings. The lowest BCUT2D eigenvalue weighted by atomic mass is 9.81. The Bertz CT molecular complexity index is 2750. The topological polar surface area (TPSA) is 30.7 Å². The first-order chi connectivity index (χ1) is 23.6. The minimum Gasteiger partial charge on any atom is -0.277 e. The Morgan fingerprint density at radius 1 is 0.458 bits per heavy atom. The highest BCUT2D eigenvalue weighted by molar-refractivity contribution is 6.21.